The van der Waals surface area contributed by atoms with Crippen molar-refractivity contribution in [2.45, 2.75) is 75.2 Å². The summed E-state index contributed by atoms with van der Waals surface area (Å²) in [5, 5.41) is 18.7. The molecule has 3 N–H and O–H groups in total. The Hall–Kier alpha value is -3.52. The van der Waals surface area contributed by atoms with Crippen molar-refractivity contribution >= 4 is 29.5 Å². The number of aliphatic hydroxyl groups excluding tert-OH is 1. The number of nitrogens with zero attached hydrogens (tertiary/aromatic N) is 5. The van der Waals surface area contributed by atoms with Gasteiger partial charge in [-0.15, -0.1) is 5.10 Å². The quantitative estimate of drug-likeness (QED) is 0.308. The van der Waals surface area contributed by atoms with E-state index in [-0.39, 0.29) is 36.8 Å². The number of aromatic nitrogens is 4. The largest absolute Gasteiger partial charge is 0.474 e. The minimum atomic E-state index is -4.33. The van der Waals surface area contributed by atoms with Crippen molar-refractivity contribution in [2.75, 3.05) is 29.9 Å². The molecule has 2 fully saturated rings. The monoisotopic (exact) mass is 631 g/mol. The van der Waals surface area contributed by atoms with Gasteiger partial charge in [-0.2, -0.15) is 13.2 Å². The maximum absolute atomic E-state index is 13.5. The smallest absolute Gasteiger partial charge is 0.394 e. The molecule has 2 unspecified atom stereocenters. The SMILES string of the molecule is CC1(C)CC2CCCNc3cccc(n3)SNC(=O)c3ccc(-n4ccc(OCC(O)CC5(C(F)(F)F)CC5)n4)nc3N1C2. The van der Waals surface area contributed by atoms with E-state index in [1.54, 1.807) is 24.4 Å². The van der Waals surface area contributed by atoms with E-state index < -0.39 is 24.1 Å². The van der Waals surface area contributed by atoms with E-state index in [2.05, 4.69) is 38.9 Å². The third kappa shape index (κ3) is 6.46. The van der Waals surface area contributed by atoms with Crippen LogP contribution in [0.3, 0.4) is 0 Å². The summed E-state index contributed by atoms with van der Waals surface area (Å²) >= 11 is 1.14. The van der Waals surface area contributed by atoms with E-state index in [9.17, 15) is 23.1 Å². The lowest BCUT2D eigenvalue weighted by molar-refractivity contribution is -0.195. The Kier molecular flexibility index (Phi) is 8.16. The number of halogens is 3. The van der Waals surface area contributed by atoms with Crippen molar-refractivity contribution in [1.82, 2.24) is 24.5 Å². The first-order valence-electron chi connectivity index (χ1n) is 14.8. The number of ether oxygens (including phenoxy) is 1. The second-order valence-electron chi connectivity index (χ2n) is 12.5. The molecule has 2 atom stereocenters. The molecule has 236 valence electrons. The van der Waals surface area contributed by atoms with Crippen LogP contribution in [-0.2, 0) is 0 Å². The lowest BCUT2D eigenvalue weighted by atomic mass is 9.93. The molecule has 3 aliphatic rings. The summed E-state index contributed by atoms with van der Waals surface area (Å²) in [7, 11) is 0. The summed E-state index contributed by atoms with van der Waals surface area (Å²) in [5.74, 6) is 2.02. The van der Waals surface area contributed by atoms with Crippen LogP contribution in [0.5, 0.6) is 5.88 Å². The van der Waals surface area contributed by atoms with E-state index in [0.29, 0.717) is 28.1 Å². The topological polar surface area (TPSA) is 117 Å². The standard InChI is InChI=1S/C30H36F3N7O3S/c1-28(2)15-19-5-4-13-34-22-6-3-7-25(35-22)44-38-27(42)21-8-9-23(36-26(21)39(28)17-19)40-14-10-24(37-40)43-18-20(41)16-29(11-12-29)30(31,32)33/h3,6-10,14,19-20,41H,4-5,11-13,15-18H2,1-2H3,(H,34,35)(H,38,42). The molecular weight excluding hydrogens is 595 g/mol. The van der Waals surface area contributed by atoms with Gasteiger partial charge in [0, 0.05) is 42.8 Å². The molecule has 44 heavy (non-hydrogen) atoms. The van der Waals surface area contributed by atoms with Crippen LogP contribution in [0.1, 0.15) is 62.7 Å². The zero-order valence-corrected chi connectivity index (χ0v) is 25.4. The van der Waals surface area contributed by atoms with Gasteiger partial charge in [0.25, 0.3) is 5.91 Å². The molecule has 1 saturated carbocycles. The molecule has 1 amide bonds. The molecule has 3 aromatic heterocycles. The first kappa shape index (κ1) is 30.5. The molecule has 10 nitrogen and oxygen atoms in total. The molecule has 6 rings (SSSR count). The molecular formula is C30H36F3N7O3S. The number of carbonyl (C=O) groups is 1. The number of fused-ring (bicyclic) bond motifs is 6. The number of aliphatic hydroxyl groups is 1. The number of carbonyl (C=O) groups excluding carboxylic acids is 1. The maximum atomic E-state index is 13.5. The Morgan fingerprint density at radius 2 is 2.00 bits per heavy atom. The Morgan fingerprint density at radius 1 is 1.18 bits per heavy atom. The molecule has 5 heterocycles. The second kappa shape index (κ2) is 11.8. The summed E-state index contributed by atoms with van der Waals surface area (Å²) in [5.41, 5.74) is -1.64. The number of alkyl halides is 3. The molecule has 3 aromatic rings. The normalized spacial score (nSPS) is 21.7. The average molecular weight is 632 g/mol. The number of hydrogen-bond donors (Lipinski definition) is 3. The fourth-order valence-corrected chi connectivity index (χ4v) is 6.79. The summed E-state index contributed by atoms with van der Waals surface area (Å²) in [4.78, 5) is 25.2. The summed E-state index contributed by atoms with van der Waals surface area (Å²) in [6.07, 6.45) is -1.38. The highest BCUT2D eigenvalue weighted by molar-refractivity contribution is 7.97. The van der Waals surface area contributed by atoms with Crippen molar-refractivity contribution in [3.63, 3.8) is 0 Å². The number of rotatable bonds is 6. The van der Waals surface area contributed by atoms with E-state index in [0.717, 1.165) is 50.1 Å². The first-order valence-corrected chi connectivity index (χ1v) is 15.6. The molecule has 1 saturated heterocycles. The van der Waals surface area contributed by atoms with Crippen LogP contribution in [0.15, 0.2) is 47.6 Å². The predicted octanol–water partition coefficient (Wildman–Crippen LogP) is 5.38. The lowest BCUT2D eigenvalue weighted by Gasteiger charge is -2.34. The Morgan fingerprint density at radius 3 is 2.77 bits per heavy atom. The molecule has 1 aliphatic carbocycles. The van der Waals surface area contributed by atoms with Crippen molar-refractivity contribution < 1.29 is 27.8 Å². The van der Waals surface area contributed by atoms with Crippen molar-refractivity contribution in [3.8, 4) is 11.7 Å². The van der Waals surface area contributed by atoms with Gasteiger partial charge in [-0.25, -0.2) is 14.6 Å². The van der Waals surface area contributed by atoms with E-state index >= 15 is 0 Å². The average Bonchev–Trinajstić information content (AvgIpc) is 3.50. The van der Waals surface area contributed by atoms with Crippen molar-refractivity contribution in [1.29, 1.82) is 0 Å². The molecule has 2 aliphatic heterocycles. The zero-order valence-electron chi connectivity index (χ0n) is 24.6. The molecule has 0 aromatic carbocycles. The zero-order chi connectivity index (χ0) is 31.1. The number of hydrogen-bond acceptors (Lipinski definition) is 9. The fraction of sp³-hybridized carbons (Fsp3) is 0.533. The third-order valence-corrected chi connectivity index (χ3v) is 9.42. The number of anilines is 2. The van der Waals surface area contributed by atoms with Gasteiger partial charge in [0.1, 0.15) is 23.3 Å². The van der Waals surface area contributed by atoms with Crippen LogP contribution >= 0.6 is 11.9 Å². The van der Waals surface area contributed by atoms with E-state index in [1.807, 2.05) is 18.2 Å². The van der Waals surface area contributed by atoms with Gasteiger partial charge >= 0.3 is 6.18 Å². The van der Waals surface area contributed by atoms with Gasteiger partial charge < -0.3 is 20.1 Å². The minimum absolute atomic E-state index is 0.0265. The van der Waals surface area contributed by atoms with Crippen LogP contribution in [0.25, 0.3) is 5.82 Å². The highest BCUT2D eigenvalue weighted by atomic mass is 32.2. The van der Waals surface area contributed by atoms with Crippen LogP contribution < -0.4 is 19.7 Å². The summed E-state index contributed by atoms with van der Waals surface area (Å²) < 4.78 is 49.8. The highest BCUT2D eigenvalue weighted by Gasteiger charge is 2.63. The van der Waals surface area contributed by atoms with Crippen LogP contribution in [0, 0.1) is 11.3 Å². The molecule has 0 spiro atoms. The second-order valence-corrected chi connectivity index (χ2v) is 13.4. The summed E-state index contributed by atoms with van der Waals surface area (Å²) in [6, 6.07) is 10.6. The number of amides is 1. The predicted molar refractivity (Wildman–Crippen MR) is 160 cm³/mol. The van der Waals surface area contributed by atoms with Crippen molar-refractivity contribution in [3.05, 3.63) is 48.2 Å². The summed E-state index contributed by atoms with van der Waals surface area (Å²) in [6.45, 7) is 5.55. The van der Waals surface area contributed by atoms with Gasteiger partial charge in [0.15, 0.2) is 5.82 Å². The Balaban J connectivity index is 1.23. The van der Waals surface area contributed by atoms with Gasteiger partial charge in [-0.3, -0.25) is 9.52 Å². The van der Waals surface area contributed by atoms with Gasteiger partial charge in [-0.05, 0) is 82.6 Å². The van der Waals surface area contributed by atoms with Crippen molar-refractivity contribution in [2.24, 2.45) is 11.3 Å². The van der Waals surface area contributed by atoms with Gasteiger partial charge in [-0.1, -0.05) is 6.07 Å². The molecule has 14 heteroatoms. The molecule has 0 radical (unpaired) electrons. The number of pyridine rings is 2. The van der Waals surface area contributed by atoms with Crippen LogP contribution in [-0.4, -0.2) is 68.3 Å². The van der Waals surface area contributed by atoms with E-state index in [4.69, 9.17) is 9.72 Å². The Bertz CT molecular complexity index is 1510. The Labute approximate surface area is 257 Å². The van der Waals surface area contributed by atoms with Gasteiger partial charge in [0.2, 0.25) is 5.88 Å². The van der Waals surface area contributed by atoms with E-state index in [1.165, 1.54) is 4.68 Å². The lowest BCUT2D eigenvalue weighted by Crippen LogP contribution is -2.40. The van der Waals surface area contributed by atoms with Crippen LogP contribution in [0.4, 0.5) is 24.8 Å². The minimum Gasteiger partial charge on any atom is -0.474 e. The fourth-order valence-electron chi connectivity index (χ4n) is 6.19. The first-order chi connectivity index (χ1) is 20.9. The number of nitrogens with one attached hydrogen (secondary N) is 2. The molecule has 4 bridgehead atoms. The third-order valence-electron chi connectivity index (χ3n) is 8.69. The highest BCUT2D eigenvalue weighted by Crippen LogP contribution is 2.60. The van der Waals surface area contributed by atoms with Gasteiger partial charge in [0.05, 0.1) is 17.1 Å². The maximum Gasteiger partial charge on any atom is 0.394 e. The van der Waals surface area contributed by atoms with Crippen LogP contribution in [0.2, 0.25) is 0 Å².